The Kier molecular flexibility index (Phi) is 2.48. The Morgan fingerprint density at radius 2 is 2.55 bits per heavy atom. The Hall–Kier alpha value is -1.03. The molecule has 0 spiro atoms. The predicted molar refractivity (Wildman–Crippen MR) is 41.1 cm³/mol. The lowest BCUT2D eigenvalue weighted by atomic mass is 10.4. The number of carbonyl (C=O) groups is 1. The molecule has 1 rings (SSSR count). The summed E-state index contributed by atoms with van der Waals surface area (Å²) in [5, 5.41) is -0.663. The highest BCUT2D eigenvalue weighted by molar-refractivity contribution is 6.30. The van der Waals surface area contributed by atoms with Crippen LogP contribution >= 0.6 is 11.6 Å². The summed E-state index contributed by atoms with van der Waals surface area (Å²) in [5.74, 6) is -0.514. The summed E-state index contributed by atoms with van der Waals surface area (Å²) in [5.41, 5.74) is 4.95. The second kappa shape index (κ2) is 3.39. The number of carbonyl (C=O) groups excluding carboxylic acids is 1. The molecule has 4 nitrogen and oxygen atoms in total. The number of alkyl halides is 1. The van der Waals surface area contributed by atoms with Gasteiger partial charge in [0.15, 0.2) is 0 Å². The highest BCUT2D eigenvalue weighted by Crippen LogP contribution is 1.98. The molecular formula is C6H8ClN3O. The molecule has 0 aliphatic rings. The Morgan fingerprint density at radius 3 is 3.00 bits per heavy atom. The molecule has 1 aromatic heterocycles. The number of imidazole rings is 1. The number of primary amides is 1. The minimum Gasteiger partial charge on any atom is -0.368 e. The number of rotatable bonds is 3. The molecule has 0 aliphatic carbocycles. The standard InChI is InChI=1S/C6H8ClN3O/c7-5(6(8)11)3-10-2-1-9-4-10/h1-2,4-5H,3H2,(H2,8,11). The van der Waals surface area contributed by atoms with E-state index in [0.717, 1.165) is 0 Å². The van der Waals surface area contributed by atoms with Gasteiger partial charge in [-0.15, -0.1) is 11.6 Å². The summed E-state index contributed by atoms with van der Waals surface area (Å²) in [7, 11) is 0. The van der Waals surface area contributed by atoms with Crippen LogP contribution in [-0.4, -0.2) is 20.8 Å². The minimum atomic E-state index is -0.663. The van der Waals surface area contributed by atoms with Crippen molar-refractivity contribution < 1.29 is 4.79 Å². The second-order valence-electron chi connectivity index (χ2n) is 2.13. The summed E-state index contributed by atoms with van der Waals surface area (Å²) in [4.78, 5) is 14.3. The lowest BCUT2D eigenvalue weighted by molar-refractivity contribution is -0.117. The largest absolute Gasteiger partial charge is 0.368 e. The molecule has 0 radical (unpaired) electrons. The van der Waals surface area contributed by atoms with E-state index in [9.17, 15) is 4.79 Å². The van der Waals surface area contributed by atoms with Gasteiger partial charge in [-0.3, -0.25) is 4.79 Å². The smallest absolute Gasteiger partial charge is 0.237 e. The molecule has 0 saturated carbocycles. The molecule has 5 heteroatoms. The number of halogens is 1. The maximum Gasteiger partial charge on any atom is 0.237 e. The van der Waals surface area contributed by atoms with Gasteiger partial charge in [-0.05, 0) is 0 Å². The Labute approximate surface area is 69.0 Å². The van der Waals surface area contributed by atoms with Crippen molar-refractivity contribution in [3.8, 4) is 0 Å². The first-order valence-corrected chi connectivity index (χ1v) is 3.53. The van der Waals surface area contributed by atoms with Crippen LogP contribution in [0.25, 0.3) is 0 Å². The summed E-state index contributed by atoms with van der Waals surface area (Å²) in [6, 6.07) is 0. The van der Waals surface area contributed by atoms with Gasteiger partial charge in [0.25, 0.3) is 0 Å². The van der Waals surface area contributed by atoms with Gasteiger partial charge >= 0.3 is 0 Å². The van der Waals surface area contributed by atoms with Crippen LogP contribution < -0.4 is 5.73 Å². The summed E-state index contributed by atoms with van der Waals surface area (Å²) in [6.07, 6.45) is 4.92. The third-order valence-electron chi connectivity index (χ3n) is 1.24. The normalized spacial score (nSPS) is 12.8. The van der Waals surface area contributed by atoms with E-state index < -0.39 is 11.3 Å². The number of aromatic nitrogens is 2. The first kappa shape index (κ1) is 8.07. The van der Waals surface area contributed by atoms with Gasteiger partial charge in [-0.1, -0.05) is 0 Å². The average Bonchev–Trinajstić information content (AvgIpc) is 2.39. The van der Waals surface area contributed by atoms with E-state index in [1.54, 1.807) is 23.3 Å². The molecule has 0 bridgehead atoms. The molecule has 1 heterocycles. The lowest BCUT2D eigenvalue weighted by Crippen LogP contribution is -2.27. The lowest BCUT2D eigenvalue weighted by Gasteiger charge is -2.04. The van der Waals surface area contributed by atoms with Crippen LogP contribution in [0.2, 0.25) is 0 Å². The third-order valence-corrected chi connectivity index (χ3v) is 1.59. The van der Waals surface area contributed by atoms with Gasteiger partial charge in [0.2, 0.25) is 5.91 Å². The summed E-state index contributed by atoms with van der Waals surface area (Å²) >= 11 is 5.58. The van der Waals surface area contributed by atoms with Crippen LogP contribution in [0.5, 0.6) is 0 Å². The van der Waals surface area contributed by atoms with E-state index in [-0.39, 0.29) is 0 Å². The van der Waals surface area contributed by atoms with E-state index in [1.165, 1.54) is 0 Å². The zero-order valence-corrected chi connectivity index (χ0v) is 6.53. The molecule has 1 aromatic rings. The Balaban J connectivity index is 2.50. The fourth-order valence-electron chi connectivity index (χ4n) is 0.670. The molecule has 0 aliphatic heterocycles. The van der Waals surface area contributed by atoms with Gasteiger partial charge in [0.1, 0.15) is 5.38 Å². The number of amides is 1. The number of nitrogens with two attached hydrogens (primary N) is 1. The monoisotopic (exact) mass is 173 g/mol. The molecule has 0 saturated heterocycles. The Morgan fingerprint density at radius 1 is 1.82 bits per heavy atom. The van der Waals surface area contributed by atoms with Crippen molar-refractivity contribution >= 4 is 17.5 Å². The van der Waals surface area contributed by atoms with Gasteiger partial charge in [-0.2, -0.15) is 0 Å². The fourth-order valence-corrected chi connectivity index (χ4v) is 0.829. The van der Waals surface area contributed by atoms with Crippen molar-refractivity contribution in [2.24, 2.45) is 5.73 Å². The molecule has 1 unspecified atom stereocenters. The molecule has 11 heavy (non-hydrogen) atoms. The third kappa shape index (κ3) is 2.23. The first-order valence-electron chi connectivity index (χ1n) is 3.09. The van der Waals surface area contributed by atoms with Crippen LogP contribution in [0.3, 0.4) is 0 Å². The van der Waals surface area contributed by atoms with Crippen molar-refractivity contribution in [2.45, 2.75) is 11.9 Å². The van der Waals surface area contributed by atoms with E-state index in [2.05, 4.69) is 4.98 Å². The van der Waals surface area contributed by atoms with Crippen LogP contribution in [0.4, 0.5) is 0 Å². The predicted octanol–water partition coefficient (Wildman–Crippen LogP) is -0.0242. The topological polar surface area (TPSA) is 60.9 Å². The summed E-state index contributed by atoms with van der Waals surface area (Å²) in [6.45, 7) is 0.372. The molecule has 2 N–H and O–H groups in total. The quantitative estimate of drug-likeness (QED) is 0.653. The zero-order chi connectivity index (χ0) is 8.27. The molecule has 0 fully saturated rings. The SMILES string of the molecule is NC(=O)C(Cl)Cn1ccnc1. The number of nitrogens with zero attached hydrogens (tertiary/aromatic N) is 2. The highest BCUT2D eigenvalue weighted by atomic mass is 35.5. The maximum atomic E-state index is 10.5. The highest BCUT2D eigenvalue weighted by Gasteiger charge is 2.10. The van der Waals surface area contributed by atoms with Crippen molar-refractivity contribution in [2.75, 3.05) is 0 Å². The van der Waals surface area contributed by atoms with Crippen molar-refractivity contribution in [1.82, 2.24) is 9.55 Å². The van der Waals surface area contributed by atoms with Crippen LogP contribution in [-0.2, 0) is 11.3 Å². The van der Waals surface area contributed by atoms with Gasteiger partial charge in [-0.25, -0.2) is 4.98 Å². The molecule has 0 aromatic carbocycles. The van der Waals surface area contributed by atoms with Gasteiger partial charge in [0, 0.05) is 18.9 Å². The van der Waals surface area contributed by atoms with E-state index in [1.807, 2.05) is 0 Å². The molecular weight excluding hydrogens is 166 g/mol. The van der Waals surface area contributed by atoms with Crippen LogP contribution in [0.1, 0.15) is 0 Å². The number of hydrogen-bond acceptors (Lipinski definition) is 2. The molecule has 1 atom stereocenters. The minimum absolute atomic E-state index is 0.372. The fraction of sp³-hybridized carbons (Fsp3) is 0.333. The van der Waals surface area contributed by atoms with Crippen molar-refractivity contribution in [1.29, 1.82) is 0 Å². The van der Waals surface area contributed by atoms with Crippen molar-refractivity contribution in [3.05, 3.63) is 18.7 Å². The molecule has 1 amide bonds. The molecule has 60 valence electrons. The van der Waals surface area contributed by atoms with Gasteiger partial charge < -0.3 is 10.3 Å². The first-order chi connectivity index (χ1) is 5.20. The summed E-state index contributed by atoms with van der Waals surface area (Å²) < 4.78 is 1.70. The maximum absolute atomic E-state index is 10.5. The Bertz CT molecular complexity index is 234. The van der Waals surface area contributed by atoms with E-state index in [0.29, 0.717) is 6.54 Å². The average molecular weight is 174 g/mol. The van der Waals surface area contributed by atoms with Gasteiger partial charge in [0.05, 0.1) is 6.33 Å². The number of hydrogen-bond donors (Lipinski definition) is 1. The van der Waals surface area contributed by atoms with Crippen LogP contribution in [0, 0.1) is 0 Å². The zero-order valence-electron chi connectivity index (χ0n) is 5.77. The van der Waals surface area contributed by atoms with E-state index in [4.69, 9.17) is 17.3 Å². The van der Waals surface area contributed by atoms with E-state index >= 15 is 0 Å². The second-order valence-corrected chi connectivity index (χ2v) is 2.66. The van der Waals surface area contributed by atoms with Crippen molar-refractivity contribution in [3.63, 3.8) is 0 Å². The van der Waals surface area contributed by atoms with Crippen LogP contribution in [0.15, 0.2) is 18.7 Å².